The lowest BCUT2D eigenvalue weighted by Crippen LogP contribution is -2.02. The van der Waals surface area contributed by atoms with Gasteiger partial charge in [-0.25, -0.2) is 0 Å². The van der Waals surface area contributed by atoms with E-state index in [9.17, 15) is 0 Å². The number of fused-ring (bicyclic) bond motifs is 1. The number of hydrogen-bond donors (Lipinski definition) is 1. The average molecular weight is 260 g/mol. The van der Waals surface area contributed by atoms with Crippen molar-refractivity contribution in [3.05, 3.63) is 66.1 Å². The number of hydrogen-bond acceptors (Lipinski definition) is 4. The van der Waals surface area contributed by atoms with Gasteiger partial charge in [-0.05, 0) is 17.7 Å². The quantitative estimate of drug-likeness (QED) is 0.786. The van der Waals surface area contributed by atoms with Crippen molar-refractivity contribution in [3.63, 3.8) is 0 Å². The molecule has 0 radical (unpaired) electrons. The molecule has 3 rings (SSSR count). The lowest BCUT2D eigenvalue weighted by Gasteiger charge is -2.09. The van der Waals surface area contributed by atoms with Crippen LogP contribution in [0.3, 0.4) is 0 Å². The zero-order valence-corrected chi connectivity index (χ0v) is 10.7. The third-order valence-electron chi connectivity index (χ3n) is 3.13. The third kappa shape index (κ3) is 2.29. The van der Waals surface area contributed by atoms with Crippen LogP contribution in [-0.2, 0) is 6.54 Å². The van der Waals surface area contributed by atoms with Crippen molar-refractivity contribution in [3.8, 4) is 6.07 Å². The third-order valence-corrected chi connectivity index (χ3v) is 3.13. The zero-order valence-electron chi connectivity index (χ0n) is 10.7. The highest BCUT2D eigenvalue weighted by atomic mass is 14.9. The first-order valence-corrected chi connectivity index (χ1v) is 6.29. The lowest BCUT2D eigenvalue weighted by molar-refractivity contribution is 1.14. The Balaban J connectivity index is 1.89. The molecule has 4 heteroatoms. The fraction of sp³-hybridized carbons (Fsp3) is 0.0625. The predicted octanol–water partition coefficient (Wildman–Crippen LogP) is 3.11. The molecule has 4 nitrogen and oxygen atoms in total. The SMILES string of the molecule is N#Cc1ccncc1NCc1cccc2cccnc12. The van der Waals surface area contributed by atoms with Gasteiger partial charge in [0.2, 0.25) is 0 Å². The van der Waals surface area contributed by atoms with E-state index in [0.29, 0.717) is 12.1 Å². The van der Waals surface area contributed by atoms with E-state index >= 15 is 0 Å². The Hall–Kier alpha value is -2.93. The van der Waals surface area contributed by atoms with Crippen molar-refractivity contribution in [1.29, 1.82) is 5.26 Å². The van der Waals surface area contributed by atoms with Crippen molar-refractivity contribution in [2.75, 3.05) is 5.32 Å². The molecule has 0 atom stereocenters. The van der Waals surface area contributed by atoms with Crippen molar-refractivity contribution in [2.45, 2.75) is 6.54 Å². The summed E-state index contributed by atoms with van der Waals surface area (Å²) >= 11 is 0. The molecule has 2 heterocycles. The topological polar surface area (TPSA) is 61.6 Å². The molecular formula is C16H12N4. The first kappa shape index (κ1) is 12.1. The summed E-state index contributed by atoms with van der Waals surface area (Å²) in [5, 5.41) is 13.4. The lowest BCUT2D eigenvalue weighted by atomic mass is 10.1. The number of pyridine rings is 2. The first-order valence-electron chi connectivity index (χ1n) is 6.29. The van der Waals surface area contributed by atoms with Gasteiger partial charge in [0, 0.05) is 24.3 Å². The molecule has 0 unspecified atom stereocenters. The van der Waals surface area contributed by atoms with Crippen LogP contribution in [0.1, 0.15) is 11.1 Å². The highest BCUT2D eigenvalue weighted by Gasteiger charge is 2.04. The van der Waals surface area contributed by atoms with E-state index in [1.807, 2.05) is 30.3 Å². The molecule has 1 N–H and O–H groups in total. The van der Waals surface area contributed by atoms with Crippen molar-refractivity contribution in [1.82, 2.24) is 9.97 Å². The molecule has 0 aliphatic rings. The number of aromatic nitrogens is 2. The Kier molecular flexibility index (Phi) is 3.25. The van der Waals surface area contributed by atoms with Crippen LogP contribution in [0.2, 0.25) is 0 Å². The molecule has 2 aromatic heterocycles. The molecule has 3 aromatic rings. The second kappa shape index (κ2) is 5.37. The van der Waals surface area contributed by atoms with Gasteiger partial charge in [-0.15, -0.1) is 0 Å². The Labute approximate surface area is 116 Å². The van der Waals surface area contributed by atoms with Gasteiger partial charge in [-0.1, -0.05) is 24.3 Å². The summed E-state index contributed by atoms with van der Waals surface area (Å²) in [5.74, 6) is 0. The van der Waals surface area contributed by atoms with Crippen LogP contribution in [-0.4, -0.2) is 9.97 Å². The molecule has 96 valence electrons. The van der Waals surface area contributed by atoms with E-state index in [-0.39, 0.29) is 0 Å². The molecule has 0 aliphatic heterocycles. The van der Waals surface area contributed by atoms with Crippen LogP contribution in [0.5, 0.6) is 0 Å². The standard InChI is InChI=1S/C16H12N4/c17-9-13-6-8-18-11-15(13)20-10-14-4-1-3-12-5-2-7-19-16(12)14/h1-8,11,20H,10H2. The minimum absolute atomic E-state index is 0.591. The van der Waals surface area contributed by atoms with Crippen LogP contribution in [0.15, 0.2) is 55.0 Å². The van der Waals surface area contributed by atoms with Crippen LogP contribution in [0.25, 0.3) is 10.9 Å². The van der Waals surface area contributed by atoms with Gasteiger partial charge in [0.25, 0.3) is 0 Å². The van der Waals surface area contributed by atoms with Gasteiger partial charge in [-0.3, -0.25) is 9.97 Å². The summed E-state index contributed by atoms with van der Waals surface area (Å²) in [6.45, 7) is 0.606. The largest absolute Gasteiger partial charge is 0.379 e. The molecule has 0 amide bonds. The van der Waals surface area contributed by atoms with Crippen LogP contribution >= 0.6 is 0 Å². The molecule has 0 fully saturated rings. The second-order valence-electron chi connectivity index (χ2n) is 4.38. The van der Waals surface area contributed by atoms with Crippen LogP contribution in [0, 0.1) is 11.3 Å². The number of nitrogens with zero attached hydrogens (tertiary/aromatic N) is 3. The first-order chi connectivity index (χ1) is 9.88. The molecule has 0 saturated carbocycles. The van der Waals surface area contributed by atoms with E-state index in [2.05, 4.69) is 21.4 Å². The number of nitrogens with one attached hydrogen (secondary N) is 1. The van der Waals surface area contributed by atoms with Crippen molar-refractivity contribution >= 4 is 16.6 Å². The maximum Gasteiger partial charge on any atom is 0.101 e. The highest BCUT2D eigenvalue weighted by Crippen LogP contribution is 2.18. The Bertz CT molecular complexity index is 784. The normalized spacial score (nSPS) is 10.2. The smallest absolute Gasteiger partial charge is 0.101 e. The summed E-state index contributed by atoms with van der Waals surface area (Å²) < 4.78 is 0. The van der Waals surface area contributed by atoms with Gasteiger partial charge >= 0.3 is 0 Å². The summed E-state index contributed by atoms with van der Waals surface area (Å²) in [7, 11) is 0. The summed E-state index contributed by atoms with van der Waals surface area (Å²) in [6.07, 6.45) is 5.07. The maximum atomic E-state index is 9.06. The zero-order chi connectivity index (χ0) is 13.8. The van der Waals surface area contributed by atoms with E-state index < -0.39 is 0 Å². The molecule has 0 bridgehead atoms. The van der Waals surface area contributed by atoms with Gasteiger partial charge in [-0.2, -0.15) is 5.26 Å². The molecule has 0 aliphatic carbocycles. The Morgan fingerprint density at radius 2 is 2.00 bits per heavy atom. The fourth-order valence-electron chi connectivity index (χ4n) is 2.13. The molecule has 0 saturated heterocycles. The van der Waals surface area contributed by atoms with Crippen LogP contribution in [0.4, 0.5) is 5.69 Å². The minimum atomic E-state index is 0.591. The minimum Gasteiger partial charge on any atom is -0.379 e. The maximum absolute atomic E-state index is 9.06. The number of para-hydroxylation sites is 1. The van der Waals surface area contributed by atoms with Gasteiger partial charge < -0.3 is 5.32 Å². The van der Waals surface area contributed by atoms with Crippen molar-refractivity contribution in [2.24, 2.45) is 0 Å². The highest BCUT2D eigenvalue weighted by molar-refractivity contribution is 5.81. The number of anilines is 1. The predicted molar refractivity (Wildman–Crippen MR) is 78.0 cm³/mol. The second-order valence-corrected chi connectivity index (χ2v) is 4.38. The summed E-state index contributed by atoms with van der Waals surface area (Å²) in [4.78, 5) is 8.45. The number of benzene rings is 1. The van der Waals surface area contributed by atoms with E-state index in [1.54, 1.807) is 24.7 Å². The average Bonchev–Trinajstić information content (AvgIpc) is 2.53. The molecule has 20 heavy (non-hydrogen) atoms. The summed E-state index contributed by atoms with van der Waals surface area (Å²) in [5.41, 5.74) is 3.40. The monoisotopic (exact) mass is 260 g/mol. The van der Waals surface area contributed by atoms with Crippen LogP contribution < -0.4 is 5.32 Å². The molecular weight excluding hydrogens is 248 g/mol. The Morgan fingerprint density at radius 3 is 2.90 bits per heavy atom. The van der Waals surface area contributed by atoms with Crippen molar-refractivity contribution < 1.29 is 0 Å². The molecule has 1 aromatic carbocycles. The van der Waals surface area contributed by atoms with E-state index in [4.69, 9.17) is 5.26 Å². The van der Waals surface area contributed by atoms with Gasteiger partial charge in [0.05, 0.1) is 23.0 Å². The van der Waals surface area contributed by atoms with E-state index in [0.717, 1.165) is 22.2 Å². The van der Waals surface area contributed by atoms with E-state index in [1.165, 1.54) is 0 Å². The summed E-state index contributed by atoms with van der Waals surface area (Å²) in [6, 6.07) is 13.9. The fourth-order valence-corrected chi connectivity index (χ4v) is 2.13. The molecule has 0 spiro atoms. The number of nitriles is 1. The Morgan fingerprint density at radius 1 is 1.10 bits per heavy atom. The van der Waals surface area contributed by atoms with Gasteiger partial charge in [0.1, 0.15) is 6.07 Å². The number of rotatable bonds is 3. The van der Waals surface area contributed by atoms with Gasteiger partial charge in [0.15, 0.2) is 0 Å².